The molecule has 0 aliphatic heterocycles. The summed E-state index contributed by atoms with van der Waals surface area (Å²) in [6.45, 7) is 0. The van der Waals surface area contributed by atoms with E-state index >= 15 is 0 Å². The van der Waals surface area contributed by atoms with Crippen molar-refractivity contribution in [2.45, 2.75) is 18.8 Å². The summed E-state index contributed by atoms with van der Waals surface area (Å²) < 4.78 is 10.7. The highest BCUT2D eigenvalue weighted by Gasteiger charge is 2.63. The average Bonchev–Trinajstić information content (AvgIpc) is 3.21. The van der Waals surface area contributed by atoms with Gasteiger partial charge in [0, 0.05) is 11.0 Å². The summed E-state index contributed by atoms with van der Waals surface area (Å²) in [4.78, 5) is 12.8. The first-order chi connectivity index (χ1) is 10.7. The molecule has 0 bridgehead atoms. The van der Waals surface area contributed by atoms with Crippen molar-refractivity contribution in [3.8, 4) is 11.5 Å². The van der Waals surface area contributed by atoms with E-state index in [0.29, 0.717) is 5.78 Å². The molecule has 1 saturated carbocycles. The number of Topliss-reactive ketones (excluding diaryl/α,β-unsaturated/α-hetero) is 1. The average molecular weight is 294 g/mol. The zero-order chi connectivity index (χ0) is 15.3. The lowest BCUT2D eigenvalue weighted by Crippen LogP contribution is -2.12. The molecule has 0 aromatic heterocycles. The van der Waals surface area contributed by atoms with Crippen molar-refractivity contribution in [1.82, 2.24) is 0 Å². The van der Waals surface area contributed by atoms with Gasteiger partial charge in [-0.3, -0.25) is 4.79 Å². The lowest BCUT2D eigenvalue weighted by molar-refractivity contribution is 0.0914. The number of hydrogen-bond donors (Lipinski definition) is 0. The van der Waals surface area contributed by atoms with Gasteiger partial charge in [-0.05, 0) is 42.0 Å². The molecule has 22 heavy (non-hydrogen) atoms. The maximum absolute atomic E-state index is 12.8. The fourth-order valence-electron chi connectivity index (χ4n) is 3.84. The number of fused-ring (bicyclic) bond motifs is 1. The predicted molar refractivity (Wildman–Crippen MR) is 83.8 cm³/mol. The molecule has 4 rings (SSSR count). The fourth-order valence-corrected chi connectivity index (χ4v) is 3.84. The molecule has 0 amide bonds. The minimum Gasteiger partial charge on any atom is -0.493 e. The number of ether oxygens (including phenoxy) is 2. The quantitative estimate of drug-likeness (QED) is 0.867. The van der Waals surface area contributed by atoms with Gasteiger partial charge < -0.3 is 9.47 Å². The number of ketones is 1. The van der Waals surface area contributed by atoms with Gasteiger partial charge in [-0.15, -0.1) is 0 Å². The number of carbonyl (C=O) groups is 1. The van der Waals surface area contributed by atoms with E-state index in [9.17, 15) is 4.79 Å². The van der Waals surface area contributed by atoms with Crippen LogP contribution >= 0.6 is 0 Å². The first-order valence-corrected chi connectivity index (χ1v) is 7.54. The maximum Gasteiger partial charge on any atom is 0.170 e. The molecule has 112 valence electrons. The zero-order valence-electron chi connectivity index (χ0n) is 12.8. The second kappa shape index (κ2) is 4.60. The van der Waals surface area contributed by atoms with Gasteiger partial charge in [0.1, 0.15) is 0 Å². The van der Waals surface area contributed by atoms with E-state index in [0.717, 1.165) is 29.9 Å². The Balaban J connectivity index is 1.67. The van der Waals surface area contributed by atoms with E-state index in [-0.39, 0.29) is 11.3 Å². The minimum absolute atomic E-state index is 0.219. The second-order valence-corrected chi connectivity index (χ2v) is 6.19. The van der Waals surface area contributed by atoms with Crippen LogP contribution in [0, 0.1) is 5.41 Å². The van der Waals surface area contributed by atoms with Crippen molar-refractivity contribution in [2.75, 3.05) is 14.2 Å². The topological polar surface area (TPSA) is 35.5 Å². The Hall–Kier alpha value is -2.29. The van der Waals surface area contributed by atoms with Gasteiger partial charge in [0.2, 0.25) is 0 Å². The molecular formula is C19H18O3. The molecule has 1 spiro atoms. The first kappa shape index (κ1) is 13.4. The summed E-state index contributed by atoms with van der Waals surface area (Å²) in [6, 6.07) is 14.0. The van der Waals surface area contributed by atoms with Crippen LogP contribution in [-0.2, 0) is 6.42 Å². The van der Waals surface area contributed by atoms with Crippen molar-refractivity contribution in [3.05, 3.63) is 59.2 Å². The highest BCUT2D eigenvalue weighted by atomic mass is 16.5. The van der Waals surface area contributed by atoms with Gasteiger partial charge in [0.15, 0.2) is 17.3 Å². The van der Waals surface area contributed by atoms with Gasteiger partial charge >= 0.3 is 0 Å². The fraction of sp³-hybridized carbons (Fsp3) is 0.316. The normalized spacial score (nSPS) is 25.2. The summed E-state index contributed by atoms with van der Waals surface area (Å²) in [5.41, 5.74) is 3.04. The van der Waals surface area contributed by atoms with Crippen LogP contribution in [0.15, 0.2) is 42.5 Å². The molecular weight excluding hydrogens is 276 g/mol. The maximum atomic E-state index is 12.8. The Morgan fingerprint density at radius 1 is 1.05 bits per heavy atom. The lowest BCUT2D eigenvalue weighted by Gasteiger charge is -2.11. The van der Waals surface area contributed by atoms with Gasteiger partial charge in [-0.25, -0.2) is 0 Å². The van der Waals surface area contributed by atoms with Crippen molar-refractivity contribution in [1.29, 1.82) is 0 Å². The van der Waals surface area contributed by atoms with Crippen LogP contribution in [0.1, 0.15) is 33.8 Å². The van der Waals surface area contributed by atoms with Crippen LogP contribution in [0.3, 0.4) is 0 Å². The number of methoxy groups -OCH3 is 2. The minimum atomic E-state index is -0.219. The summed E-state index contributed by atoms with van der Waals surface area (Å²) in [7, 11) is 3.27. The first-order valence-electron chi connectivity index (χ1n) is 7.54. The van der Waals surface area contributed by atoms with E-state index < -0.39 is 0 Å². The predicted octanol–water partition coefficient (Wildman–Crippen LogP) is 3.62. The van der Waals surface area contributed by atoms with Gasteiger partial charge in [0.05, 0.1) is 14.2 Å². The molecule has 2 aliphatic rings. The molecule has 2 aromatic rings. The molecule has 2 aromatic carbocycles. The SMILES string of the molecule is COc1ccc([C@H]2C[C@]23Cc2ccccc2C3=O)cc1OC. The highest BCUT2D eigenvalue weighted by molar-refractivity contribution is 6.07. The van der Waals surface area contributed by atoms with Crippen molar-refractivity contribution >= 4 is 5.78 Å². The van der Waals surface area contributed by atoms with Crippen LogP contribution < -0.4 is 9.47 Å². The molecule has 0 saturated heterocycles. The zero-order valence-corrected chi connectivity index (χ0v) is 12.8. The Morgan fingerprint density at radius 3 is 2.55 bits per heavy atom. The molecule has 0 N–H and O–H groups in total. The molecule has 2 atom stereocenters. The molecule has 2 aliphatic carbocycles. The van der Waals surface area contributed by atoms with Crippen LogP contribution in [0.2, 0.25) is 0 Å². The van der Waals surface area contributed by atoms with Gasteiger partial charge in [-0.1, -0.05) is 30.3 Å². The standard InChI is InChI=1S/C19H18O3/c1-21-16-8-7-12(9-17(16)22-2)15-11-19(15)10-13-5-3-4-6-14(13)18(19)20/h3-9,15H,10-11H2,1-2H3/t15-,19-/m1/s1. The van der Waals surface area contributed by atoms with Crippen LogP contribution in [-0.4, -0.2) is 20.0 Å². The Bertz CT molecular complexity index is 765. The molecule has 3 nitrogen and oxygen atoms in total. The van der Waals surface area contributed by atoms with Crippen LogP contribution in [0.4, 0.5) is 0 Å². The summed E-state index contributed by atoms with van der Waals surface area (Å²) >= 11 is 0. The molecule has 1 fully saturated rings. The van der Waals surface area contributed by atoms with Crippen molar-refractivity contribution < 1.29 is 14.3 Å². The van der Waals surface area contributed by atoms with Crippen LogP contribution in [0.5, 0.6) is 11.5 Å². The van der Waals surface area contributed by atoms with Gasteiger partial charge in [-0.2, -0.15) is 0 Å². The molecule has 0 heterocycles. The van der Waals surface area contributed by atoms with Gasteiger partial charge in [0.25, 0.3) is 0 Å². The number of rotatable bonds is 3. The summed E-state index contributed by atoms with van der Waals surface area (Å²) in [6.07, 6.45) is 1.79. The summed E-state index contributed by atoms with van der Waals surface area (Å²) in [5.74, 6) is 2.04. The second-order valence-electron chi connectivity index (χ2n) is 6.19. The third-order valence-corrected chi connectivity index (χ3v) is 5.11. The number of carbonyl (C=O) groups excluding carboxylic acids is 1. The molecule has 0 unspecified atom stereocenters. The third kappa shape index (κ3) is 1.71. The third-order valence-electron chi connectivity index (χ3n) is 5.11. The molecule has 3 heteroatoms. The van der Waals surface area contributed by atoms with E-state index in [1.807, 2.05) is 30.3 Å². The number of hydrogen-bond acceptors (Lipinski definition) is 3. The van der Waals surface area contributed by atoms with Crippen molar-refractivity contribution in [3.63, 3.8) is 0 Å². The number of benzene rings is 2. The van der Waals surface area contributed by atoms with E-state index in [2.05, 4.69) is 12.1 Å². The highest BCUT2D eigenvalue weighted by Crippen LogP contribution is 2.65. The summed E-state index contributed by atoms with van der Waals surface area (Å²) in [5, 5.41) is 0. The van der Waals surface area contributed by atoms with E-state index in [4.69, 9.17) is 9.47 Å². The largest absolute Gasteiger partial charge is 0.493 e. The lowest BCUT2D eigenvalue weighted by atomic mass is 9.94. The van der Waals surface area contributed by atoms with E-state index in [1.54, 1.807) is 14.2 Å². The molecule has 0 radical (unpaired) electrons. The Kier molecular flexibility index (Phi) is 2.80. The smallest absolute Gasteiger partial charge is 0.170 e. The van der Waals surface area contributed by atoms with Crippen LogP contribution in [0.25, 0.3) is 0 Å². The Labute approximate surface area is 129 Å². The van der Waals surface area contributed by atoms with Crippen molar-refractivity contribution in [2.24, 2.45) is 5.41 Å². The Morgan fingerprint density at radius 2 is 1.82 bits per heavy atom. The monoisotopic (exact) mass is 294 g/mol. The van der Waals surface area contributed by atoms with E-state index in [1.165, 1.54) is 11.1 Å².